The molecular formula is C26H26N2O6S. The summed E-state index contributed by atoms with van der Waals surface area (Å²) in [5.74, 6) is 0.694. The Kier molecular flexibility index (Phi) is 5.90. The van der Waals surface area contributed by atoms with E-state index in [1.165, 1.54) is 35.6 Å². The van der Waals surface area contributed by atoms with E-state index in [2.05, 4.69) is 0 Å². The number of β-amino-alcohol motifs (C(OH)–C–C–N with tert-alkyl or cyclic N) is 1. The molecule has 0 saturated carbocycles. The molecule has 1 unspecified atom stereocenters. The molecule has 5 rings (SSSR count). The van der Waals surface area contributed by atoms with Crippen LogP contribution in [0.1, 0.15) is 33.2 Å². The summed E-state index contributed by atoms with van der Waals surface area (Å²) in [6.07, 6.45) is -0.328. The molecule has 1 amide bonds. The van der Waals surface area contributed by atoms with Gasteiger partial charge in [-0.15, -0.1) is 0 Å². The predicted molar refractivity (Wildman–Crippen MR) is 130 cm³/mol. The van der Waals surface area contributed by atoms with E-state index in [4.69, 9.17) is 9.47 Å². The van der Waals surface area contributed by atoms with Gasteiger partial charge in [-0.05, 0) is 48.4 Å². The van der Waals surface area contributed by atoms with Crippen molar-refractivity contribution in [3.8, 4) is 11.5 Å². The Hall–Kier alpha value is -3.56. The molecule has 1 atom stereocenters. The fraction of sp³-hybridized carbons (Fsp3) is 0.269. The van der Waals surface area contributed by atoms with Crippen LogP contribution >= 0.6 is 0 Å². The lowest BCUT2D eigenvalue weighted by Gasteiger charge is -2.34. The molecular weight excluding hydrogens is 468 g/mol. The van der Waals surface area contributed by atoms with Crippen LogP contribution in [0, 0.1) is 0 Å². The summed E-state index contributed by atoms with van der Waals surface area (Å²) >= 11 is 0. The first kappa shape index (κ1) is 23.2. The van der Waals surface area contributed by atoms with Gasteiger partial charge < -0.3 is 19.5 Å². The number of anilines is 1. The Morgan fingerprint density at radius 3 is 2.51 bits per heavy atom. The number of carbonyl (C=O) groups excluding carboxylic acids is 1. The van der Waals surface area contributed by atoms with Crippen molar-refractivity contribution in [2.75, 3.05) is 31.6 Å². The van der Waals surface area contributed by atoms with Crippen LogP contribution < -0.4 is 13.8 Å². The van der Waals surface area contributed by atoms with Crippen LogP contribution in [0.3, 0.4) is 0 Å². The highest BCUT2D eigenvalue weighted by molar-refractivity contribution is 7.92. The molecule has 8 nitrogen and oxygen atoms in total. The van der Waals surface area contributed by atoms with Crippen LogP contribution in [0.4, 0.5) is 5.69 Å². The zero-order valence-corrected chi connectivity index (χ0v) is 20.3. The molecule has 0 aliphatic carbocycles. The number of ether oxygens (including phenoxy) is 2. The van der Waals surface area contributed by atoms with Gasteiger partial charge in [0, 0.05) is 23.2 Å². The number of hydrogen-bond donors (Lipinski definition) is 1. The van der Waals surface area contributed by atoms with Gasteiger partial charge in [-0.2, -0.15) is 0 Å². The summed E-state index contributed by atoms with van der Waals surface area (Å²) in [4.78, 5) is 15.0. The Morgan fingerprint density at radius 2 is 1.74 bits per heavy atom. The molecule has 35 heavy (non-hydrogen) atoms. The van der Waals surface area contributed by atoms with E-state index in [9.17, 15) is 18.3 Å². The van der Waals surface area contributed by atoms with Crippen LogP contribution in [-0.2, 0) is 23.0 Å². The normalized spacial score (nSPS) is 17.1. The second kappa shape index (κ2) is 8.90. The maximum atomic E-state index is 13.4. The molecule has 2 aliphatic rings. The summed E-state index contributed by atoms with van der Waals surface area (Å²) in [5, 5.41) is 10.8. The second-order valence-corrected chi connectivity index (χ2v) is 10.4. The number of aliphatic hydroxyl groups excluding tert-OH is 1. The molecule has 0 fully saturated rings. The first-order valence-electron chi connectivity index (χ1n) is 11.3. The molecule has 2 aliphatic heterocycles. The average molecular weight is 495 g/mol. The van der Waals surface area contributed by atoms with Crippen LogP contribution in [0.2, 0.25) is 0 Å². The van der Waals surface area contributed by atoms with Crippen molar-refractivity contribution in [1.29, 1.82) is 0 Å². The minimum atomic E-state index is -3.84. The topological polar surface area (TPSA) is 96.4 Å². The number of para-hydroxylation sites is 1. The Balaban J connectivity index is 1.46. The van der Waals surface area contributed by atoms with E-state index >= 15 is 0 Å². The van der Waals surface area contributed by atoms with Gasteiger partial charge in [-0.3, -0.25) is 9.10 Å². The average Bonchev–Trinajstić information content (AvgIpc) is 3.32. The Labute approximate surface area is 204 Å². The number of rotatable bonds is 5. The maximum absolute atomic E-state index is 13.4. The number of aliphatic hydroxyl groups is 1. The molecule has 3 aromatic rings. The molecule has 0 spiro atoms. The number of methoxy groups -OCH3 is 2. The van der Waals surface area contributed by atoms with E-state index in [0.29, 0.717) is 41.3 Å². The largest absolute Gasteiger partial charge is 0.496 e. The summed E-state index contributed by atoms with van der Waals surface area (Å²) in [5.41, 5.74) is 3.14. The number of amides is 1. The van der Waals surface area contributed by atoms with Crippen molar-refractivity contribution < 1.29 is 27.8 Å². The van der Waals surface area contributed by atoms with Crippen LogP contribution in [0.15, 0.2) is 65.6 Å². The Morgan fingerprint density at radius 1 is 1.00 bits per heavy atom. The zero-order chi connectivity index (χ0) is 24.7. The van der Waals surface area contributed by atoms with Gasteiger partial charge >= 0.3 is 0 Å². The lowest BCUT2D eigenvalue weighted by molar-refractivity contribution is 0.0538. The lowest BCUT2D eigenvalue weighted by atomic mass is 9.94. The van der Waals surface area contributed by atoms with E-state index in [1.807, 2.05) is 18.2 Å². The first-order valence-corrected chi connectivity index (χ1v) is 12.7. The second-order valence-electron chi connectivity index (χ2n) is 8.55. The first-order chi connectivity index (χ1) is 16.8. The summed E-state index contributed by atoms with van der Waals surface area (Å²) in [6.45, 7) is 0.602. The standard InChI is InChI=1S/C26H26N2O6S/c1-33-23-10-11-24(34-2)25-20(23)15-27(16-22(25)29)26(30)18-7-5-8-19(14-18)35(31,32)28-13-12-17-6-3-4-9-21(17)28/h3-11,14,22,29H,12-13,15-16H2,1-2H3. The lowest BCUT2D eigenvalue weighted by Crippen LogP contribution is -2.38. The fourth-order valence-corrected chi connectivity index (χ4v) is 6.44. The van der Waals surface area contributed by atoms with Crippen molar-refractivity contribution >= 4 is 21.6 Å². The molecule has 0 saturated heterocycles. The van der Waals surface area contributed by atoms with Crippen molar-refractivity contribution in [3.05, 3.63) is 82.9 Å². The van der Waals surface area contributed by atoms with Crippen molar-refractivity contribution in [2.24, 2.45) is 0 Å². The smallest absolute Gasteiger partial charge is 0.264 e. The number of benzene rings is 3. The van der Waals surface area contributed by atoms with Crippen LogP contribution in [0.5, 0.6) is 11.5 Å². The zero-order valence-electron chi connectivity index (χ0n) is 19.5. The van der Waals surface area contributed by atoms with Crippen LogP contribution in [0.25, 0.3) is 0 Å². The quantitative estimate of drug-likeness (QED) is 0.586. The van der Waals surface area contributed by atoms with E-state index in [0.717, 1.165) is 5.56 Å². The van der Waals surface area contributed by atoms with E-state index in [1.54, 1.807) is 30.3 Å². The van der Waals surface area contributed by atoms with Crippen molar-refractivity contribution in [3.63, 3.8) is 0 Å². The van der Waals surface area contributed by atoms with Gasteiger partial charge in [0.15, 0.2) is 0 Å². The molecule has 3 aromatic carbocycles. The number of fused-ring (bicyclic) bond motifs is 2. The third-order valence-electron chi connectivity index (χ3n) is 6.59. The Bertz CT molecular complexity index is 1400. The number of nitrogens with zero attached hydrogens (tertiary/aromatic N) is 2. The third-order valence-corrected chi connectivity index (χ3v) is 8.40. The summed E-state index contributed by atoms with van der Waals surface area (Å²) in [7, 11) is -0.789. The fourth-order valence-electron chi connectivity index (χ4n) is 4.89. The molecule has 2 heterocycles. The van der Waals surface area contributed by atoms with Gasteiger partial charge in [0.1, 0.15) is 17.6 Å². The van der Waals surface area contributed by atoms with E-state index < -0.39 is 16.1 Å². The number of hydrogen-bond acceptors (Lipinski definition) is 6. The summed E-state index contributed by atoms with van der Waals surface area (Å²) < 4.78 is 39.1. The SMILES string of the molecule is COc1ccc(OC)c2c1CN(C(=O)c1cccc(S(=O)(=O)N3CCc4ccccc43)c1)CC2O. The molecule has 0 bridgehead atoms. The highest BCUT2D eigenvalue weighted by Gasteiger charge is 2.34. The molecule has 182 valence electrons. The van der Waals surface area contributed by atoms with Gasteiger partial charge in [0.05, 0.1) is 37.9 Å². The number of carbonyl (C=O) groups is 1. The third kappa shape index (κ3) is 3.90. The maximum Gasteiger partial charge on any atom is 0.264 e. The highest BCUT2D eigenvalue weighted by atomic mass is 32.2. The van der Waals surface area contributed by atoms with Crippen molar-refractivity contribution in [1.82, 2.24) is 4.90 Å². The van der Waals surface area contributed by atoms with Gasteiger partial charge in [-0.25, -0.2) is 8.42 Å². The summed E-state index contributed by atoms with van der Waals surface area (Å²) in [6, 6.07) is 17.0. The molecule has 0 radical (unpaired) electrons. The number of sulfonamides is 1. The minimum Gasteiger partial charge on any atom is -0.496 e. The van der Waals surface area contributed by atoms with Crippen molar-refractivity contribution in [2.45, 2.75) is 24.0 Å². The van der Waals surface area contributed by atoms with Gasteiger partial charge in [0.2, 0.25) is 0 Å². The predicted octanol–water partition coefficient (Wildman–Crippen LogP) is 3.14. The van der Waals surface area contributed by atoms with Gasteiger partial charge in [0.25, 0.3) is 15.9 Å². The highest BCUT2D eigenvalue weighted by Crippen LogP contribution is 2.40. The van der Waals surface area contributed by atoms with E-state index in [-0.39, 0.29) is 29.5 Å². The van der Waals surface area contributed by atoms with Gasteiger partial charge in [-0.1, -0.05) is 24.3 Å². The monoisotopic (exact) mass is 494 g/mol. The molecule has 1 N–H and O–H groups in total. The minimum absolute atomic E-state index is 0.0475. The molecule has 0 aromatic heterocycles. The molecule has 9 heteroatoms. The van der Waals surface area contributed by atoms with Crippen LogP contribution in [-0.4, -0.2) is 51.6 Å².